The van der Waals surface area contributed by atoms with Gasteiger partial charge in [-0.1, -0.05) is 31.9 Å². The predicted octanol–water partition coefficient (Wildman–Crippen LogP) is 2.49. The van der Waals surface area contributed by atoms with Crippen molar-refractivity contribution in [1.82, 2.24) is 24.3 Å². The van der Waals surface area contributed by atoms with Crippen LogP contribution in [0.3, 0.4) is 0 Å². The summed E-state index contributed by atoms with van der Waals surface area (Å²) < 4.78 is 3.05. The first-order valence-corrected chi connectivity index (χ1v) is 10.4. The molecule has 8 heteroatoms. The number of hydrogen-bond acceptors (Lipinski definition) is 5. The van der Waals surface area contributed by atoms with Crippen LogP contribution in [-0.4, -0.2) is 31.4 Å². The molecule has 0 fully saturated rings. The van der Waals surface area contributed by atoms with E-state index >= 15 is 0 Å². The molecule has 0 aromatic carbocycles. The smallest absolute Gasteiger partial charge is 0.267 e. The number of unbranched alkanes of at least 4 members (excludes halogenated alkanes) is 2. The highest BCUT2D eigenvalue weighted by Gasteiger charge is 2.17. The molecule has 0 aliphatic rings. The minimum Gasteiger partial charge on any atom is -0.352 e. The molecule has 0 unspecified atom stereocenters. The van der Waals surface area contributed by atoms with Gasteiger partial charge in [0.05, 0.1) is 17.5 Å². The normalized spacial score (nSPS) is 11.1. The maximum atomic E-state index is 13.2. The number of aromatic nitrogens is 4. The third kappa shape index (κ3) is 4.09. The number of nitrogens with zero attached hydrogens (tertiary/aromatic N) is 4. The highest BCUT2D eigenvalue weighted by atomic mass is 16.1. The molecule has 0 radical (unpaired) electrons. The lowest BCUT2D eigenvalue weighted by Crippen LogP contribution is -2.35. The van der Waals surface area contributed by atoms with E-state index in [1.165, 1.54) is 10.5 Å². The third-order valence-electron chi connectivity index (χ3n) is 5.19. The molecule has 4 aromatic rings. The average molecular weight is 416 g/mol. The van der Waals surface area contributed by atoms with Crippen molar-refractivity contribution in [2.45, 2.75) is 32.7 Å². The lowest BCUT2D eigenvalue weighted by Gasteiger charge is -2.15. The topological polar surface area (TPSA) is 105 Å². The molecule has 8 nitrogen and oxygen atoms in total. The van der Waals surface area contributed by atoms with Crippen LogP contribution in [-0.2, 0) is 6.54 Å². The van der Waals surface area contributed by atoms with Crippen LogP contribution in [0, 0.1) is 5.41 Å². The Hall–Kier alpha value is -3.81. The SMILES string of the molecule is CCCCCNC(=O)c1cc2c(=O)n3ccccc3nc2n(Cc2cccnc2)c1=N. The Labute approximate surface area is 178 Å². The molecule has 0 aliphatic heterocycles. The second-order valence-corrected chi connectivity index (χ2v) is 7.40. The average Bonchev–Trinajstić information content (AvgIpc) is 2.79. The Bertz CT molecular complexity index is 1360. The Kier molecular flexibility index (Phi) is 5.88. The van der Waals surface area contributed by atoms with Gasteiger partial charge in [0, 0.05) is 25.1 Å². The van der Waals surface area contributed by atoms with E-state index in [1.54, 1.807) is 41.4 Å². The van der Waals surface area contributed by atoms with Crippen molar-refractivity contribution >= 4 is 22.6 Å². The summed E-state index contributed by atoms with van der Waals surface area (Å²) in [5.74, 6) is -0.361. The summed E-state index contributed by atoms with van der Waals surface area (Å²) in [4.78, 5) is 34.8. The van der Waals surface area contributed by atoms with Gasteiger partial charge in [-0.15, -0.1) is 0 Å². The third-order valence-corrected chi connectivity index (χ3v) is 5.19. The summed E-state index contributed by atoms with van der Waals surface area (Å²) in [5.41, 5.74) is 1.58. The minimum atomic E-state index is -0.361. The van der Waals surface area contributed by atoms with Gasteiger partial charge in [-0.3, -0.25) is 24.4 Å². The summed E-state index contributed by atoms with van der Waals surface area (Å²) in [6, 6.07) is 10.5. The van der Waals surface area contributed by atoms with Gasteiger partial charge in [-0.25, -0.2) is 4.98 Å². The van der Waals surface area contributed by atoms with Crippen molar-refractivity contribution in [2.75, 3.05) is 6.54 Å². The maximum absolute atomic E-state index is 13.2. The largest absolute Gasteiger partial charge is 0.352 e. The van der Waals surface area contributed by atoms with Crippen molar-refractivity contribution in [3.05, 3.63) is 82.0 Å². The van der Waals surface area contributed by atoms with Crippen LogP contribution in [0.15, 0.2) is 59.8 Å². The van der Waals surface area contributed by atoms with Crippen molar-refractivity contribution in [2.24, 2.45) is 0 Å². The fourth-order valence-corrected chi connectivity index (χ4v) is 3.56. The van der Waals surface area contributed by atoms with E-state index in [0.717, 1.165) is 24.8 Å². The zero-order valence-corrected chi connectivity index (χ0v) is 17.3. The number of pyridine rings is 3. The van der Waals surface area contributed by atoms with Crippen LogP contribution in [0.25, 0.3) is 16.7 Å². The number of amides is 1. The van der Waals surface area contributed by atoms with Gasteiger partial charge in [0.2, 0.25) is 0 Å². The summed E-state index contributed by atoms with van der Waals surface area (Å²) in [6.07, 6.45) is 7.96. The van der Waals surface area contributed by atoms with Crippen LogP contribution < -0.4 is 16.4 Å². The monoisotopic (exact) mass is 416 g/mol. The molecule has 4 rings (SSSR count). The van der Waals surface area contributed by atoms with Crippen molar-refractivity contribution < 1.29 is 4.79 Å². The molecule has 0 bridgehead atoms. The number of nitrogens with one attached hydrogen (secondary N) is 2. The van der Waals surface area contributed by atoms with Crippen LogP contribution in [0.5, 0.6) is 0 Å². The van der Waals surface area contributed by atoms with Gasteiger partial charge in [0.1, 0.15) is 16.8 Å². The van der Waals surface area contributed by atoms with E-state index < -0.39 is 0 Å². The predicted molar refractivity (Wildman–Crippen MR) is 118 cm³/mol. The fraction of sp³-hybridized carbons (Fsp3) is 0.261. The van der Waals surface area contributed by atoms with E-state index in [0.29, 0.717) is 23.2 Å². The summed E-state index contributed by atoms with van der Waals surface area (Å²) >= 11 is 0. The summed E-state index contributed by atoms with van der Waals surface area (Å²) in [5, 5.41) is 11.9. The van der Waals surface area contributed by atoms with Gasteiger partial charge in [-0.05, 0) is 36.2 Å². The van der Waals surface area contributed by atoms with Crippen molar-refractivity contribution in [1.29, 1.82) is 5.41 Å². The first-order chi connectivity index (χ1) is 15.1. The van der Waals surface area contributed by atoms with E-state index in [-0.39, 0.29) is 29.1 Å². The second kappa shape index (κ2) is 8.91. The van der Waals surface area contributed by atoms with Gasteiger partial charge >= 0.3 is 0 Å². The first-order valence-electron chi connectivity index (χ1n) is 10.4. The standard InChI is InChI=1S/C23H24N6O2/c1-2-3-5-11-26-22(30)17-13-18-21(27-19-9-4-6-12-28(19)23(18)31)29(20(17)24)15-16-8-7-10-25-14-16/h4,6-10,12-14,24H,2-3,5,11,15H2,1H3,(H,26,30). The lowest BCUT2D eigenvalue weighted by molar-refractivity contribution is 0.0950. The Balaban J connectivity index is 1.90. The molecule has 4 heterocycles. The molecular formula is C23H24N6O2. The summed E-state index contributed by atoms with van der Waals surface area (Å²) in [7, 11) is 0. The van der Waals surface area contributed by atoms with Crippen molar-refractivity contribution in [3.63, 3.8) is 0 Å². The molecule has 2 N–H and O–H groups in total. The van der Waals surface area contributed by atoms with E-state index in [4.69, 9.17) is 5.41 Å². The molecule has 0 saturated heterocycles. The van der Waals surface area contributed by atoms with Crippen LogP contribution >= 0.6 is 0 Å². The van der Waals surface area contributed by atoms with E-state index in [2.05, 4.69) is 22.2 Å². The fourth-order valence-electron chi connectivity index (χ4n) is 3.56. The first kappa shape index (κ1) is 20.5. The molecule has 158 valence electrons. The van der Waals surface area contributed by atoms with Gasteiger partial charge < -0.3 is 9.88 Å². The number of carbonyl (C=O) groups is 1. The maximum Gasteiger partial charge on any atom is 0.267 e. The van der Waals surface area contributed by atoms with Crippen LogP contribution in [0.2, 0.25) is 0 Å². The van der Waals surface area contributed by atoms with Crippen molar-refractivity contribution in [3.8, 4) is 0 Å². The highest BCUT2D eigenvalue weighted by molar-refractivity contribution is 5.96. The second-order valence-electron chi connectivity index (χ2n) is 7.40. The number of rotatable bonds is 7. The van der Waals surface area contributed by atoms with Gasteiger partial charge in [0.25, 0.3) is 11.5 Å². The lowest BCUT2D eigenvalue weighted by atomic mass is 10.1. The van der Waals surface area contributed by atoms with Crippen LogP contribution in [0.1, 0.15) is 42.1 Å². The Morgan fingerprint density at radius 2 is 2.06 bits per heavy atom. The Morgan fingerprint density at radius 3 is 2.84 bits per heavy atom. The zero-order valence-electron chi connectivity index (χ0n) is 17.3. The Morgan fingerprint density at radius 1 is 1.19 bits per heavy atom. The molecule has 0 atom stereocenters. The minimum absolute atomic E-state index is 0.0107. The quantitative estimate of drug-likeness (QED) is 0.357. The molecule has 0 saturated carbocycles. The highest BCUT2D eigenvalue weighted by Crippen LogP contribution is 2.12. The summed E-state index contributed by atoms with van der Waals surface area (Å²) in [6.45, 7) is 2.90. The van der Waals surface area contributed by atoms with E-state index in [1.807, 2.05) is 12.1 Å². The van der Waals surface area contributed by atoms with Gasteiger partial charge in [-0.2, -0.15) is 0 Å². The van der Waals surface area contributed by atoms with Crippen LogP contribution in [0.4, 0.5) is 0 Å². The molecule has 4 aromatic heterocycles. The molecule has 1 amide bonds. The molecule has 31 heavy (non-hydrogen) atoms. The zero-order chi connectivity index (χ0) is 21.8. The number of fused-ring (bicyclic) bond motifs is 2. The van der Waals surface area contributed by atoms with Gasteiger partial charge in [0.15, 0.2) is 0 Å². The van der Waals surface area contributed by atoms with E-state index in [9.17, 15) is 9.59 Å². The molecule has 0 spiro atoms. The molecule has 0 aliphatic carbocycles. The molecular weight excluding hydrogens is 392 g/mol. The number of hydrogen-bond donors (Lipinski definition) is 2. The number of carbonyl (C=O) groups excluding carboxylic acids is 1.